The van der Waals surface area contributed by atoms with Crippen LogP contribution in [0.5, 0.6) is 0 Å². The average Bonchev–Trinajstić information content (AvgIpc) is 3.19. The van der Waals surface area contributed by atoms with Crippen LogP contribution in [0.3, 0.4) is 0 Å². The molecule has 4 nitrogen and oxygen atoms in total. The van der Waals surface area contributed by atoms with Crippen molar-refractivity contribution in [1.29, 1.82) is 0 Å². The molecular formula is C15H19N3OS. The largest absolute Gasteiger partial charge is 0.349 e. The molecule has 1 saturated heterocycles. The SMILES string of the molecule is O=C(NCC1CCCN1)c1cccn1Cc1cccs1. The van der Waals surface area contributed by atoms with E-state index < -0.39 is 0 Å². The van der Waals surface area contributed by atoms with Crippen LogP contribution in [-0.4, -0.2) is 29.6 Å². The number of nitrogens with zero attached hydrogens (tertiary/aromatic N) is 1. The summed E-state index contributed by atoms with van der Waals surface area (Å²) >= 11 is 1.71. The average molecular weight is 289 g/mol. The molecule has 0 aliphatic carbocycles. The van der Waals surface area contributed by atoms with E-state index in [1.165, 1.54) is 11.3 Å². The van der Waals surface area contributed by atoms with E-state index in [9.17, 15) is 4.79 Å². The zero-order valence-electron chi connectivity index (χ0n) is 11.3. The van der Waals surface area contributed by atoms with Gasteiger partial charge in [0.05, 0.1) is 6.54 Å². The third kappa shape index (κ3) is 3.11. The first-order chi connectivity index (χ1) is 9.83. The van der Waals surface area contributed by atoms with E-state index in [1.807, 2.05) is 29.0 Å². The zero-order valence-corrected chi connectivity index (χ0v) is 12.2. The van der Waals surface area contributed by atoms with Crippen molar-refractivity contribution in [2.75, 3.05) is 13.1 Å². The van der Waals surface area contributed by atoms with Gasteiger partial charge in [0.1, 0.15) is 5.69 Å². The second-order valence-corrected chi connectivity index (χ2v) is 6.14. The molecule has 2 aromatic heterocycles. The van der Waals surface area contributed by atoms with Crippen molar-refractivity contribution in [3.05, 3.63) is 46.4 Å². The van der Waals surface area contributed by atoms with E-state index in [4.69, 9.17) is 0 Å². The normalized spacial score (nSPS) is 18.3. The van der Waals surface area contributed by atoms with Gasteiger partial charge in [0.15, 0.2) is 0 Å². The summed E-state index contributed by atoms with van der Waals surface area (Å²) in [4.78, 5) is 13.5. The van der Waals surface area contributed by atoms with Gasteiger partial charge in [-0.15, -0.1) is 11.3 Å². The molecule has 1 atom stereocenters. The van der Waals surface area contributed by atoms with Gasteiger partial charge in [-0.25, -0.2) is 0 Å². The molecule has 0 bridgehead atoms. The van der Waals surface area contributed by atoms with Gasteiger partial charge >= 0.3 is 0 Å². The van der Waals surface area contributed by atoms with Crippen molar-refractivity contribution < 1.29 is 4.79 Å². The summed E-state index contributed by atoms with van der Waals surface area (Å²) in [6, 6.07) is 8.37. The lowest BCUT2D eigenvalue weighted by Gasteiger charge is -2.13. The first-order valence-corrected chi connectivity index (χ1v) is 7.90. The molecule has 1 amide bonds. The third-order valence-corrected chi connectivity index (χ3v) is 4.50. The molecule has 2 aromatic rings. The Balaban J connectivity index is 1.61. The van der Waals surface area contributed by atoms with Crippen molar-refractivity contribution >= 4 is 17.2 Å². The highest BCUT2D eigenvalue weighted by atomic mass is 32.1. The van der Waals surface area contributed by atoms with Gasteiger partial charge in [-0.3, -0.25) is 4.79 Å². The Morgan fingerprint density at radius 1 is 1.45 bits per heavy atom. The fourth-order valence-electron chi connectivity index (χ4n) is 2.57. The fourth-order valence-corrected chi connectivity index (χ4v) is 3.27. The lowest BCUT2D eigenvalue weighted by Crippen LogP contribution is -2.37. The van der Waals surface area contributed by atoms with E-state index in [-0.39, 0.29) is 5.91 Å². The number of hydrogen-bond donors (Lipinski definition) is 2. The number of amides is 1. The maximum absolute atomic E-state index is 12.3. The monoisotopic (exact) mass is 289 g/mol. The van der Waals surface area contributed by atoms with Gasteiger partial charge in [0.2, 0.25) is 0 Å². The molecule has 0 spiro atoms. The number of carbonyl (C=O) groups excluding carboxylic acids is 1. The van der Waals surface area contributed by atoms with Gasteiger partial charge in [0, 0.05) is 23.7 Å². The molecule has 3 rings (SSSR count). The summed E-state index contributed by atoms with van der Waals surface area (Å²) in [5, 5.41) is 8.48. The highest BCUT2D eigenvalue weighted by molar-refractivity contribution is 7.09. The number of nitrogens with one attached hydrogen (secondary N) is 2. The first-order valence-electron chi connectivity index (χ1n) is 7.02. The van der Waals surface area contributed by atoms with E-state index in [0.717, 1.165) is 25.2 Å². The Hall–Kier alpha value is -1.59. The van der Waals surface area contributed by atoms with Gasteiger partial charge in [0.25, 0.3) is 5.91 Å². The Morgan fingerprint density at radius 2 is 2.40 bits per heavy atom. The predicted molar refractivity (Wildman–Crippen MR) is 81.2 cm³/mol. The van der Waals surface area contributed by atoms with Gasteiger partial charge in [-0.05, 0) is 43.0 Å². The van der Waals surface area contributed by atoms with E-state index in [0.29, 0.717) is 12.6 Å². The molecule has 1 aliphatic rings. The van der Waals surface area contributed by atoms with Crippen LogP contribution in [0.25, 0.3) is 0 Å². The molecule has 0 aromatic carbocycles. The first kappa shape index (κ1) is 13.4. The molecule has 1 unspecified atom stereocenters. The Labute approximate surface area is 122 Å². The predicted octanol–water partition coefficient (Wildman–Crippen LogP) is 2.08. The second-order valence-electron chi connectivity index (χ2n) is 5.10. The minimum atomic E-state index is 0.0141. The lowest BCUT2D eigenvalue weighted by atomic mass is 10.2. The van der Waals surface area contributed by atoms with Crippen molar-refractivity contribution in [2.45, 2.75) is 25.4 Å². The van der Waals surface area contributed by atoms with Gasteiger partial charge < -0.3 is 15.2 Å². The number of carbonyl (C=O) groups is 1. The Bertz CT molecular complexity index is 555. The van der Waals surface area contributed by atoms with Crippen molar-refractivity contribution in [2.24, 2.45) is 0 Å². The number of aromatic nitrogens is 1. The summed E-state index contributed by atoms with van der Waals surface area (Å²) in [7, 11) is 0. The van der Waals surface area contributed by atoms with Gasteiger partial charge in [-0.1, -0.05) is 6.07 Å². The summed E-state index contributed by atoms with van der Waals surface area (Å²) in [6.45, 7) is 2.54. The highest BCUT2D eigenvalue weighted by Crippen LogP contribution is 2.13. The van der Waals surface area contributed by atoms with E-state index >= 15 is 0 Å². The molecule has 3 heterocycles. The summed E-state index contributed by atoms with van der Waals surface area (Å²) in [5.74, 6) is 0.0141. The maximum Gasteiger partial charge on any atom is 0.267 e. The quantitative estimate of drug-likeness (QED) is 0.885. The second kappa shape index (κ2) is 6.24. The molecule has 0 radical (unpaired) electrons. The molecule has 1 aliphatic heterocycles. The topological polar surface area (TPSA) is 46.1 Å². The van der Waals surface area contributed by atoms with Crippen molar-refractivity contribution in [3.63, 3.8) is 0 Å². The van der Waals surface area contributed by atoms with Crippen LogP contribution in [0.4, 0.5) is 0 Å². The van der Waals surface area contributed by atoms with Crippen molar-refractivity contribution in [3.8, 4) is 0 Å². The summed E-state index contributed by atoms with van der Waals surface area (Å²) in [6.07, 6.45) is 4.31. The number of thiophene rings is 1. The molecule has 106 valence electrons. The summed E-state index contributed by atoms with van der Waals surface area (Å²) < 4.78 is 2.00. The lowest BCUT2D eigenvalue weighted by molar-refractivity contribution is 0.0941. The highest BCUT2D eigenvalue weighted by Gasteiger charge is 2.16. The number of hydrogen-bond acceptors (Lipinski definition) is 3. The standard InChI is InChI=1S/C15H19N3OS/c19-15(17-10-12-4-1-7-16-12)14-6-2-8-18(14)11-13-5-3-9-20-13/h2-3,5-6,8-9,12,16H,1,4,7,10-11H2,(H,17,19). The molecule has 20 heavy (non-hydrogen) atoms. The van der Waals surface area contributed by atoms with Crippen LogP contribution in [0.2, 0.25) is 0 Å². The van der Waals surface area contributed by atoms with Gasteiger partial charge in [-0.2, -0.15) is 0 Å². The maximum atomic E-state index is 12.3. The summed E-state index contributed by atoms with van der Waals surface area (Å²) in [5.41, 5.74) is 0.733. The minimum absolute atomic E-state index is 0.0141. The fraction of sp³-hybridized carbons (Fsp3) is 0.400. The molecular weight excluding hydrogens is 270 g/mol. The van der Waals surface area contributed by atoms with Crippen LogP contribution in [-0.2, 0) is 6.54 Å². The van der Waals surface area contributed by atoms with E-state index in [1.54, 1.807) is 11.3 Å². The van der Waals surface area contributed by atoms with E-state index in [2.05, 4.69) is 22.1 Å². The third-order valence-electron chi connectivity index (χ3n) is 3.64. The Kier molecular flexibility index (Phi) is 4.18. The van der Waals surface area contributed by atoms with Crippen LogP contribution in [0, 0.1) is 0 Å². The molecule has 1 fully saturated rings. The molecule has 0 saturated carbocycles. The molecule has 5 heteroatoms. The minimum Gasteiger partial charge on any atom is -0.349 e. The van der Waals surface area contributed by atoms with Crippen LogP contribution < -0.4 is 10.6 Å². The molecule has 2 N–H and O–H groups in total. The van der Waals surface area contributed by atoms with Crippen LogP contribution in [0.1, 0.15) is 28.2 Å². The number of rotatable bonds is 5. The Morgan fingerprint density at radius 3 is 3.15 bits per heavy atom. The van der Waals surface area contributed by atoms with Crippen molar-refractivity contribution in [1.82, 2.24) is 15.2 Å². The van der Waals surface area contributed by atoms with Crippen LogP contribution in [0.15, 0.2) is 35.8 Å². The van der Waals surface area contributed by atoms with Crippen LogP contribution >= 0.6 is 11.3 Å². The smallest absolute Gasteiger partial charge is 0.267 e. The zero-order chi connectivity index (χ0) is 13.8.